The molecule has 5 nitrogen and oxygen atoms in total. The number of hydrogen-bond donors (Lipinski definition) is 1. The maximum absolute atomic E-state index is 12.4. The predicted octanol–water partition coefficient (Wildman–Crippen LogP) is 5.84. The van der Waals surface area contributed by atoms with Crippen LogP contribution in [0, 0.1) is 10.1 Å². The summed E-state index contributed by atoms with van der Waals surface area (Å²) in [5.41, 5.74) is 3.49. The number of ether oxygens (including phenoxy) is 1. The molecule has 0 saturated carbocycles. The Kier molecular flexibility index (Phi) is 4.36. The number of para-hydroxylation sites is 1. The molecule has 6 heteroatoms. The van der Waals surface area contributed by atoms with E-state index in [0.29, 0.717) is 5.75 Å². The summed E-state index contributed by atoms with van der Waals surface area (Å²) in [7, 11) is 0. The zero-order chi connectivity index (χ0) is 20.0. The van der Waals surface area contributed by atoms with Gasteiger partial charge in [0.2, 0.25) is 0 Å². The first-order chi connectivity index (χ1) is 14.1. The lowest BCUT2D eigenvalue weighted by Crippen LogP contribution is -2.40. The fourth-order valence-corrected chi connectivity index (χ4v) is 4.66. The molecule has 0 saturated heterocycles. The molecular formula is C23H17BrN2O3. The molecule has 2 heterocycles. The number of fused-ring (bicyclic) bond motifs is 2. The van der Waals surface area contributed by atoms with Crippen molar-refractivity contribution in [2.45, 2.75) is 18.1 Å². The fourth-order valence-electron chi connectivity index (χ4n) is 4.28. The summed E-state index contributed by atoms with van der Waals surface area (Å²) >= 11 is 3.51. The SMILES string of the molecule is O=[N+]([O-])C1C(c2ccccc2)Oc2ccc(Br)cc2C1c1c[nH]c2ccccc12. The van der Waals surface area contributed by atoms with Crippen molar-refractivity contribution in [2.75, 3.05) is 0 Å². The van der Waals surface area contributed by atoms with E-state index in [-0.39, 0.29) is 4.92 Å². The van der Waals surface area contributed by atoms with Crippen molar-refractivity contribution in [1.29, 1.82) is 0 Å². The molecular weight excluding hydrogens is 432 g/mol. The molecule has 0 amide bonds. The van der Waals surface area contributed by atoms with Crippen LogP contribution in [-0.4, -0.2) is 15.9 Å². The Morgan fingerprint density at radius 2 is 1.72 bits per heavy atom. The van der Waals surface area contributed by atoms with Crippen LogP contribution >= 0.6 is 15.9 Å². The van der Waals surface area contributed by atoms with E-state index in [9.17, 15) is 10.1 Å². The first-order valence-corrected chi connectivity index (χ1v) is 10.1. The Morgan fingerprint density at radius 1 is 0.966 bits per heavy atom. The Labute approximate surface area is 175 Å². The Balaban J connectivity index is 1.77. The average Bonchev–Trinajstić information content (AvgIpc) is 3.17. The molecule has 0 aliphatic carbocycles. The highest BCUT2D eigenvalue weighted by Gasteiger charge is 2.48. The molecule has 0 fully saturated rings. The van der Waals surface area contributed by atoms with E-state index in [1.165, 1.54) is 0 Å². The molecule has 144 valence electrons. The fraction of sp³-hybridized carbons (Fsp3) is 0.130. The van der Waals surface area contributed by atoms with Gasteiger partial charge in [-0.05, 0) is 35.4 Å². The molecule has 29 heavy (non-hydrogen) atoms. The lowest BCUT2D eigenvalue weighted by molar-refractivity contribution is -0.538. The van der Waals surface area contributed by atoms with E-state index in [1.807, 2.05) is 79.0 Å². The minimum atomic E-state index is -0.960. The van der Waals surface area contributed by atoms with E-state index >= 15 is 0 Å². The number of nitrogens with zero attached hydrogens (tertiary/aromatic N) is 1. The molecule has 5 rings (SSSR count). The molecule has 3 aromatic carbocycles. The summed E-state index contributed by atoms with van der Waals surface area (Å²) in [5, 5.41) is 13.4. The largest absolute Gasteiger partial charge is 0.478 e. The zero-order valence-corrected chi connectivity index (χ0v) is 16.9. The first-order valence-electron chi connectivity index (χ1n) is 9.34. The Bertz CT molecular complexity index is 1210. The highest BCUT2D eigenvalue weighted by Crippen LogP contribution is 2.48. The van der Waals surface area contributed by atoms with E-state index < -0.39 is 18.1 Å². The smallest absolute Gasteiger partial charge is 0.264 e. The summed E-state index contributed by atoms with van der Waals surface area (Å²) in [6.45, 7) is 0. The van der Waals surface area contributed by atoms with Crippen LogP contribution in [0.25, 0.3) is 10.9 Å². The van der Waals surface area contributed by atoms with Crippen LogP contribution in [0.3, 0.4) is 0 Å². The lowest BCUT2D eigenvalue weighted by Gasteiger charge is -2.35. The number of H-pyrrole nitrogens is 1. The highest BCUT2D eigenvalue weighted by molar-refractivity contribution is 9.10. The van der Waals surface area contributed by atoms with Gasteiger partial charge in [-0.1, -0.05) is 64.5 Å². The second kappa shape index (κ2) is 7.04. The molecule has 4 aromatic rings. The Morgan fingerprint density at radius 3 is 2.52 bits per heavy atom. The van der Waals surface area contributed by atoms with Gasteiger partial charge in [-0.15, -0.1) is 0 Å². The van der Waals surface area contributed by atoms with Crippen LogP contribution in [0.2, 0.25) is 0 Å². The van der Waals surface area contributed by atoms with Crippen molar-refractivity contribution < 1.29 is 9.66 Å². The van der Waals surface area contributed by atoms with E-state index in [4.69, 9.17) is 4.74 Å². The minimum Gasteiger partial charge on any atom is -0.478 e. The quantitative estimate of drug-likeness (QED) is 0.316. The third-order valence-corrected chi connectivity index (χ3v) is 6.03. The molecule has 0 bridgehead atoms. The summed E-state index contributed by atoms with van der Waals surface area (Å²) in [5.74, 6) is 0.225. The second-order valence-corrected chi connectivity index (χ2v) is 8.09. The van der Waals surface area contributed by atoms with Crippen LogP contribution < -0.4 is 4.74 Å². The standard InChI is InChI=1S/C23H17BrN2O3/c24-15-10-11-20-17(12-15)21(18-13-25-19-9-5-4-8-16(18)19)22(26(27)28)23(29-20)14-6-2-1-3-7-14/h1-13,21-23,25H. The molecule has 1 aromatic heterocycles. The van der Waals surface area contributed by atoms with Crippen molar-refractivity contribution >= 4 is 26.8 Å². The molecule has 1 aliphatic rings. The van der Waals surface area contributed by atoms with Gasteiger partial charge >= 0.3 is 0 Å². The van der Waals surface area contributed by atoms with Crippen LogP contribution in [0.4, 0.5) is 0 Å². The maximum atomic E-state index is 12.4. The van der Waals surface area contributed by atoms with Gasteiger partial charge in [-0.3, -0.25) is 10.1 Å². The van der Waals surface area contributed by atoms with Crippen LogP contribution in [0.5, 0.6) is 5.75 Å². The Hall–Kier alpha value is -3.12. The minimum absolute atomic E-state index is 0.200. The molecule has 0 radical (unpaired) electrons. The number of rotatable bonds is 3. The van der Waals surface area contributed by atoms with E-state index in [2.05, 4.69) is 20.9 Å². The number of halogens is 1. The third-order valence-electron chi connectivity index (χ3n) is 5.54. The molecule has 3 unspecified atom stereocenters. The monoisotopic (exact) mass is 448 g/mol. The van der Waals surface area contributed by atoms with Crippen LogP contribution in [0.1, 0.15) is 28.7 Å². The molecule has 3 atom stereocenters. The van der Waals surface area contributed by atoms with Crippen molar-refractivity contribution in [1.82, 2.24) is 4.98 Å². The van der Waals surface area contributed by atoms with Crippen LogP contribution in [-0.2, 0) is 0 Å². The van der Waals surface area contributed by atoms with Crippen molar-refractivity contribution in [3.63, 3.8) is 0 Å². The number of nitro groups is 1. The second-order valence-electron chi connectivity index (χ2n) is 7.17. The topological polar surface area (TPSA) is 68.2 Å². The van der Waals surface area contributed by atoms with Crippen molar-refractivity contribution in [3.05, 3.63) is 110 Å². The third kappa shape index (κ3) is 3.00. The van der Waals surface area contributed by atoms with Gasteiger partial charge in [-0.2, -0.15) is 0 Å². The highest BCUT2D eigenvalue weighted by atomic mass is 79.9. The average molecular weight is 449 g/mol. The number of hydrogen-bond acceptors (Lipinski definition) is 3. The van der Waals surface area contributed by atoms with Gasteiger partial charge in [0.25, 0.3) is 6.04 Å². The molecule has 1 N–H and O–H groups in total. The number of aromatic nitrogens is 1. The normalized spacial score (nSPS) is 20.8. The van der Waals surface area contributed by atoms with Gasteiger partial charge in [0.05, 0.1) is 5.92 Å². The first kappa shape index (κ1) is 17.9. The van der Waals surface area contributed by atoms with E-state index in [1.54, 1.807) is 0 Å². The number of nitrogens with one attached hydrogen (secondary N) is 1. The van der Waals surface area contributed by atoms with Crippen molar-refractivity contribution in [3.8, 4) is 5.75 Å². The lowest BCUT2D eigenvalue weighted by atomic mass is 9.78. The van der Waals surface area contributed by atoms with Crippen LogP contribution in [0.15, 0.2) is 83.5 Å². The van der Waals surface area contributed by atoms with Gasteiger partial charge in [0, 0.05) is 32.1 Å². The van der Waals surface area contributed by atoms with Gasteiger partial charge < -0.3 is 9.72 Å². The summed E-state index contributed by atoms with van der Waals surface area (Å²) < 4.78 is 7.08. The summed E-state index contributed by atoms with van der Waals surface area (Å²) in [4.78, 5) is 15.4. The van der Waals surface area contributed by atoms with E-state index in [0.717, 1.165) is 32.1 Å². The van der Waals surface area contributed by atoms with Gasteiger partial charge in [0.15, 0.2) is 6.10 Å². The maximum Gasteiger partial charge on any atom is 0.264 e. The van der Waals surface area contributed by atoms with Crippen molar-refractivity contribution in [2.24, 2.45) is 0 Å². The van der Waals surface area contributed by atoms with Gasteiger partial charge in [-0.25, -0.2) is 0 Å². The van der Waals surface area contributed by atoms with Gasteiger partial charge in [0.1, 0.15) is 5.75 Å². The zero-order valence-electron chi connectivity index (χ0n) is 15.3. The predicted molar refractivity (Wildman–Crippen MR) is 115 cm³/mol. The molecule has 1 aliphatic heterocycles. The summed E-state index contributed by atoms with van der Waals surface area (Å²) in [6.07, 6.45) is 1.21. The molecule has 0 spiro atoms. The number of aromatic amines is 1. The number of benzene rings is 3. The summed E-state index contributed by atoms with van der Waals surface area (Å²) in [6, 6.07) is 22.1.